The molecule has 3 rings (SSSR count). The average Bonchev–Trinajstić information content (AvgIpc) is 3.00. The molecule has 21 heavy (non-hydrogen) atoms. The van der Waals surface area contributed by atoms with Crippen molar-refractivity contribution in [3.8, 4) is 5.75 Å². The van der Waals surface area contributed by atoms with Crippen molar-refractivity contribution in [3.05, 3.63) is 58.4 Å². The Morgan fingerprint density at radius 3 is 3.00 bits per heavy atom. The number of rotatable bonds is 5. The van der Waals surface area contributed by atoms with Gasteiger partial charge in [0.15, 0.2) is 0 Å². The zero-order valence-electron chi connectivity index (χ0n) is 12.2. The molecule has 4 heteroatoms. The van der Waals surface area contributed by atoms with E-state index in [0.29, 0.717) is 0 Å². The van der Waals surface area contributed by atoms with E-state index in [2.05, 4.69) is 46.9 Å². The highest BCUT2D eigenvalue weighted by Gasteiger charge is 2.19. The first-order chi connectivity index (χ1) is 10.3. The van der Waals surface area contributed by atoms with E-state index < -0.39 is 0 Å². The van der Waals surface area contributed by atoms with Crippen molar-refractivity contribution in [1.82, 2.24) is 10.3 Å². The fraction of sp³-hybridized carbons (Fsp3) is 0.235. The predicted molar refractivity (Wildman–Crippen MR) is 88.1 cm³/mol. The van der Waals surface area contributed by atoms with Gasteiger partial charge in [-0.2, -0.15) is 0 Å². The number of nitrogens with zero attached hydrogens (tertiary/aromatic N) is 1. The third-order valence-electron chi connectivity index (χ3n) is 3.51. The molecule has 0 bridgehead atoms. The Morgan fingerprint density at radius 2 is 2.19 bits per heavy atom. The van der Waals surface area contributed by atoms with Crippen LogP contribution in [0.3, 0.4) is 0 Å². The van der Waals surface area contributed by atoms with E-state index in [1.807, 2.05) is 18.3 Å². The highest BCUT2D eigenvalue weighted by atomic mass is 32.1. The number of hydrogen-bond donors (Lipinski definition) is 1. The van der Waals surface area contributed by atoms with E-state index in [1.54, 1.807) is 18.4 Å². The van der Waals surface area contributed by atoms with Crippen molar-refractivity contribution in [2.24, 2.45) is 0 Å². The molecule has 1 atom stereocenters. The third-order valence-corrected chi connectivity index (χ3v) is 4.47. The first kappa shape index (κ1) is 14.0. The highest BCUT2D eigenvalue weighted by Crippen LogP contribution is 2.35. The molecule has 0 aliphatic heterocycles. The fourth-order valence-corrected chi connectivity index (χ4v) is 3.48. The molecule has 0 saturated heterocycles. The lowest BCUT2D eigenvalue weighted by molar-refractivity contribution is 0.408. The maximum Gasteiger partial charge on any atom is 0.134 e. The van der Waals surface area contributed by atoms with Gasteiger partial charge in [-0.1, -0.05) is 25.1 Å². The second kappa shape index (κ2) is 6.24. The number of ether oxygens (including phenoxy) is 1. The van der Waals surface area contributed by atoms with E-state index in [-0.39, 0.29) is 6.04 Å². The second-order valence-corrected chi connectivity index (χ2v) is 5.75. The summed E-state index contributed by atoms with van der Waals surface area (Å²) < 4.78 is 5.48. The second-order valence-electron chi connectivity index (χ2n) is 4.80. The number of pyridine rings is 1. The molecule has 108 valence electrons. The molecule has 0 aliphatic carbocycles. The molecule has 3 aromatic rings. The van der Waals surface area contributed by atoms with Gasteiger partial charge < -0.3 is 10.1 Å². The molecule has 1 N–H and O–H groups in total. The number of benzene rings is 1. The number of aromatic nitrogens is 1. The summed E-state index contributed by atoms with van der Waals surface area (Å²) in [6.07, 6.45) is 1.83. The van der Waals surface area contributed by atoms with Gasteiger partial charge in [-0.15, -0.1) is 11.3 Å². The van der Waals surface area contributed by atoms with Gasteiger partial charge >= 0.3 is 0 Å². The molecular weight excluding hydrogens is 280 g/mol. The smallest absolute Gasteiger partial charge is 0.134 e. The van der Waals surface area contributed by atoms with Crippen LogP contribution in [-0.2, 0) is 0 Å². The number of hydrogen-bond acceptors (Lipinski definition) is 4. The Labute approximate surface area is 128 Å². The quantitative estimate of drug-likeness (QED) is 0.773. The van der Waals surface area contributed by atoms with Crippen molar-refractivity contribution in [2.75, 3.05) is 13.7 Å². The third kappa shape index (κ3) is 2.77. The molecule has 0 spiro atoms. The summed E-state index contributed by atoms with van der Waals surface area (Å²) in [6, 6.07) is 12.6. The van der Waals surface area contributed by atoms with Gasteiger partial charge in [0.1, 0.15) is 5.75 Å². The highest BCUT2D eigenvalue weighted by molar-refractivity contribution is 7.10. The van der Waals surface area contributed by atoms with Crippen LogP contribution in [0.4, 0.5) is 0 Å². The molecule has 0 fully saturated rings. The summed E-state index contributed by atoms with van der Waals surface area (Å²) in [5, 5.41) is 6.77. The number of methoxy groups -OCH3 is 1. The van der Waals surface area contributed by atoms with Gasteiger partial charge in [-0.25, -0.2) is 0 Å². The van der Waals surface area contributed by atoms with Gasteiger partial charge in [-0.3, -0.25) is 4.98 Å². The zero-order valence-corrected chi connectivity index (χ0v) is 13.0. The van der Waals surface area contributed by atoms with Crippen molar-refractivity contribution in [3.63, 3.8) is 0 Å². The van der Waals surface area contributed by atoms with E-state index >= 15 is 0 Å². The number of thiophene rings is 1. The maximum absolute atomic E-state index is 5.48. The van der Waals surface area contributed by atoms with E-state index in [0.717, 1.165) is 23.2 Å². The summed E-state index contributed by atoms with van der Waals surface area (Å²) in [5.41, 5.74) is 2.23. The molecule has 3 nitrogen and oxygen atoms in total. The number of fused-ring (bicyclic) bond motifs is 1. The van der Waals surface area contributed by atoms with Crippen LogP contribution in [0, 0.1) is 0 Å². The Kier molecular flexibility index (Phi) is 4.18. The largest absolute Gasteiger partial charge is 0.496 e. The normalized spacial score (nSPS) is 12.5. The molecule has 0 radical (unpaired) electrons. The van der Waals surface area contributed by atoms with Crippen LogP contribution in [0.5, 0.6) is 5.75 Å². The van der Waals surface area contributed by atoms with Gasteiger partial charge in [0.05, 0.1) is 23.5 Å². The Hall–Kier alpha value is -1.91. The predicted octanol–water partition coefficient (Wildman–Crippen LogP) is 4.00. The minimum Gasteiger partial charge on any atom is -0.496 e. The number of nitrogens with one attached hydrogen (secondary N) is 1. The first-order valence-electron chi connectivity index (χ1n) is 7.03. The Balaban J connectivity index is 2.06. The van der Waals surface area contributed by atoms with Crippen LogP contribution in [0.25, 0.3) is 10.9 Å². The standard InChI is InChI=1S/C17H18N2OS/c1-3-18-16(17-15(20-2)8-10-21-17)13-7-6-12-5-4-9-19-14(12)11-13/h4-11,16,18H,3H2,1-2H3. The zero-order chi connectivity index (χ0) is 14.7. The summed E-state index contributed by atoms with van der Waals surface area (Å²) in [4.78, 5) is 5.66. The van der Waals surface area contributed by atoms with E-state index in [1.165, 1.54) is 10.4 Å². The lowest BCUT2D eigenvalue weighted by Crippen LogP contribution is -2.21. The van der Waals surface area contributed by atoms with Crippen LogP contribution < -0.4 is 10.1 Å². The van der Waals surface area contributed by atoms with Gasteiger partial charge in [-0.05, 0) is 35.7 Å². The molecule has 0 aliphatic rings. The molecule has 0 amide bonds. The monoisotopic (exact) mass is 298 g/mol. The average molecular weight is 298 g/mol. The lowest BCUT2D eigenvalue weighted by atomic mass is 10.0. The van der Waals surface area contributed by atoms with Crippen molar-refractivity contribution >= 4 is 22.2 Å². The molecule has 2 aromatic heterocycles. The van der Waals surface area contributed by atoms with Crippen LogP contribution >= 0.6 is 11.3 Å². The van der Waals surface area contributed by atoms with Crippen molar-refractivity contribution in [1.29, 1.82) is 0 Å². The lowest BCUT2D eigenvalue weighted by Gasteiger charge is -2.19. The van der Waals surface area contributed by atoms with Crippen LogP contribution in [0.15, 0.2) is 48.0 Å². The van der Waals surface area contributed by atoms with Crippen LogP contribution in [0.1, 0.15) is 23.4 Å². The SMILES string of the molecule is CCNC(c1ccc2cccnc2c1)c1sccc1OC. The maximum atomic E-state index is 5.48. The van der Waals surface area contributed by atoms with Gasteiger partial charge in [0, 0.05) is 11.6 Å². The van der Waals surface area contributed by atoms with Gasteiger partial charge in [0.25, 0.3) is 0 Å². The topological polar surface area (TPSA) is 34.2 Å². The molecule has 2 heterocycles. The molecule has 1 unspecified atom stereocenters. The van der Waals surface area contributed by atoms with Crippen molar-refractivity contribution in [2.45, 2.75) is 13.0 Å². The van der Waals surface area contributed by atoms with E-state index in [4.69, 9.17) is 4.74 Å². The Morgan fingerprint density at radius 1 is 1.29 bits per heavy atom. The minimum atomic E-state index is 0.136. The minimum absolute atomic E-state index is 0.136. The summed E-state index contributed by atoms with van der Waals surface area (Å²) in [6.45, 7) is 3.01. The first-order valence-corrected chi connectivity index (χ1v) is 7.91. The molecular formula is C17H18N2OS. The Bertz CT molecular complexity index is 738. The molecule has 1 aromatic carbocycles. The molecule has 0 saturated carbocycles. The summed E-state index contributed by atoms with van der Waals surface area (Å²) >= 11 is 1.71. The van der Waals surface area contributed by atoms with Crippen molar-refractivity contribution < 1.29 is 4.74 Å². The van der Waals surface area contributed by atoms with Crippen LogP contribution in [0.2, 0.25) is 0 Å². The summed E-state index contributed by atoms with van der Waals surface area (Å²) in [7, 11) is 1.72. The van der Waals surface area contributed by atoms with Crippen LogP contribution in [-0.4, -0.2) is 18.6 Å². The van der Waals surface area contributed by atoms with E-state index in [9.17, 15) is 0 Å². The summed E-state index contributed by atoms with van der Waals surface area (Å²) in [5.74, 6) is 0.937. The van der Waals surface area contributed by atoms with Gasteiger partial charge in [0.2, 0.25) is 0 Å². The fourth-order valence-electron chi connectivity index (χ4n) is 2.52.